The molecule has 0 amide bonds. The van der Waals surface area contributed by atoms with Crippen molar-refractivity contribution in [3.05, 3.63) is 71.8 Å². The molecule has 0 heterocycles. The zero-order chi connectivity index (χ0) is 20.6. The van der Waals surface area contributed by atoms with Gasteiger partial charge in [-0.2, -0.15) is 0 Å². The van der Waals surface area contributed by atoms with Crippen molar-refractivity contribution in [1.82, 2.24) is 0 Å². The Balaban J connectivity index is 2.44. The lowest BCUT2D eigenvalue weighted by molar-refractivity contribution is -0.156. The summed E-state index contributed by atoms with van der Waals surface area (Å²) < 4.78 is 5.58. The largest absolute Gasteiger partial charge is 0.458 e. The molecule has 148 valence electrons. The number of nitrogens with zero attached hydrogens (tertiary/aromatic N) is 1. The standard InChI is InChI=1S/C24H29NO3/c1-5-20(26)16-17-21(23(27)28-24(2,3)4)25-22(18-12-8-6-9-13-18)19-14-10-7-11-15-19/h6-15,21H,5,16-17H2,1-4H3/t21-/m1/s1. The summed E-state index contributed by atoms with van der Waals surface area (Å²) in [7, 11) is 0. The fraction of sp³-hybridized carbons (Fsp3) is 0.375. The van der Waals surface area contributed by atoms with Gasteiger partial charge >= 0.3 is 5.97 Å². The van der Waals surface area contributed by atoms with E-state index in [2.05, 4.69) is 0 Å². The van der Waals surface area contributed by atoms with E-state index in [4.69, 9.17) is 9.73 Å². The van der Waals surface area contributed by atoms with Gasteiger partial charge in [-0.1, -0.05) is 67.6 Å². The molecule has 4 heteroatoms. The third-order valence-electron chi connectivity index (χ3n) is 4.15. The van der Waals surface area contributed by atoms with E-state index in [-0.39, 0.29) is 5.78 Å². The number of carbonyl (C=O) groups is 2. The number of rotatable bonds is 8. The van der Waals surface area contributed by atoms with Gasteiger partial charge in [-0.05, 0) is 27.2 Å². The van der Waals surface area contributed by atoms with Crippen LogP contribution < -0.4 is 0 Å². The maximum absolute atomic E-state index is 12.8. The fourth-order valence-electron chi connectivity index (χ4n) is 2.74. The zero-order valence-corrected chi connectivity index (χ0v) is 17.1. The molecule has 1 atom stereocenters. The summed E-state index contributed by atoms with van der Waals surface area (Å²) in [4.78, 5) is 29.5. The van der Waals surface area contributed by atoms with Gasteiger partial charge in [-0.3, -0.25) is 9.79 Å². The van der Waals surface area contributed by atoms with Gasteiger partial charge in [-0.15, -0.1) is 0 Å². The molecule has 2 rings (SSSR count). The van der Waals surface area contributed by atoms with Gasteiger partial charge in [0.1, 0.15) is 17.4 Å². The highest BCUT2D eigenvalue weighted by Gasteiger charge is 2.26. The quantitative estimate of drug-likeness (QED) is 0.479. The zero-order valence-electron chi connectivity index (χ0n) is 17.1. The molecule has 0 aliphatic heterocycles. The van der Waals surface area contributed by atoms with Crippen molar-refractivity contribution in [2.45, 2.75) is 58.6 Å². The third kappa shape index (κ3) is 6.76. The molecule has 2 aromatic rings. The second kappa shape index (κ2) is 9.98. The Bertz CT molecular complexity index is 763. The smallest absolute Gasteiger partial charge is 0.331 e. The van der Waals surface area contributed by atoms with Crippen molar-refractivity contribution >= 4 is 17.5 Å². The summed E-state index contributed by atoms with van der Waals surface area (Å²) in [6.07, 6.45) is 1.10. The number of carbonyl (C=O) groups excluding carboxylic acids is 2. The first-order valence-corrected chi connectivity index (χ1v) is 9.73. The van der Waals surface area contributed by atoms with Gasteiger partial charge in [0.05, 0.1) is 5.71 Å². The molecule has 0 aromatic heterocycles. The minimum Gasteiger partial charge on any atom is -0.458 e. The van der Waals surface area contributed by atoms with Gasteiger partial charge in [0, 0.05) is 24.0 Å². The van der Waals surface area contributed by atoms with E-state index in [0.29, 0.717) is 19.3 Å². The van der Waals surface area contributed by atoms with Gasteiger partial charge in [-0.25, -0.2) is 4.79 Å². The average molecular weight is 380 g/mol. The van der Waals surface area contributed by atoms with Crippen LogP contribution in [0.1, 0.15) is 58.1 Å². The lowest BCUT2D eigenvalue weighted by Crippen LogP contribution is -2.32. The molecule has 0 fully saturated rings. The molecule has 0 aliphatic rings. The summed E-state index contributed by atoms with van der Waals surface area (Å²) in [5.41, 5.74) is 1.95. The van der Waals surface area contributed by atoms with Gasteiger partial charge < -0.3 is 4.74 Å². The van der Waals surface area contributed by atoms with Gasteiger partial charge in [0.2, 0.25) is 0 Å². The van der Waals surface area contributed by atoms with Crippen LogP contribution in [-0.4, -0.2) is 29.1 Å². The number of benzene rings is 2. The van der Waals surface area contributed by atoms with Crippen LogP contribution >= 0.6 is 0 Å². The Kier molecular flexibility index (Phi) is 7.68. The molecule has 0 saturated heterocycles. The van der Waals surface area contributed by atoms with Crippen molar-refractivity contribution in [1.29, 1.82) is 0 Å². The van der Waals surface area contributed by atoms with E-state index < -0.39 is 17.6 Å². The van der Waals surface area contributed by atoms with E-state index >= 15 is 0 Å². The lowest BCUT2D eigenvalue weighted by Gasteiger charge is -2.23. The second-order valence-corrected chi connectivity index (χ2v) is 7.69. The number of Topliss-reactive ketones (excluding diaryl/α,β-unsaturated/α-hetero) is 1. The predicted molar refractivity (Wildman–Crippen MR) is 113 cm³/mol. The van der Waals surface area contributed by atoms with E-state index in [1.807, 2.05) is 88.4 Å². The van der Waals surface area contributed by atoms with Crippen LogP contribution in [-0.2, 0) is 14.3 Å². The first kappa shape index (κ1) is 21.5. The number of aliphatic imine (C=N–C) groups is 1. The van der Waals surface area contributed by atoms with Crippen molar-refractivity contribution in [3.8, 4) is 0 Å². The topological polar surface area (TPSA) is 55.7 Å². The number of ketones is 1. The monoisotopic (exact) mass is 379 g/mol. The second-order valence-electron chi connectivity index (χ2n) is 7.69. The number of hydrogen-bond donors (Lipinski definition) is 0. The van der Waals surface area contributed by atoms with Crippen LogP contribution in [0.3, 0.4) is 0 Å². The third-order valence-corrected chi connectivity index (χ3v) is 4.15. The Morgan fingerprint density at radius 1 is 0.929 bits per heavy atom. The highest BCUT2D eigenvalue weighted by Crippen LogP contribution is 2.18. The summed E-state index contributed by atoms with van der Waals surface area (Å²) in [5.74, 6) is -0.287. The maximum atomic E-state index is 12.8. The van der Waals surface area contributed by atoms with Crippen LogP contribution in [0.15, 0.2) is 65.7 Å². The van der Waals surface area contributed by atoms with Crippen LogP contribution in [0, 0.1) is 0 Å². The molecule has 0 spiro atoms. The van der Waals surface area contributed by atoms with E-state index in [0.717, 1.165) is 16.8 Å². The Morgan fingerprint density at radius 2 is 1.43 bits per heavy atom. The molecule has 0 N–H and O–H groups in total. The van der Waals surface area contributed by atoms with E-state index in [9.17, 15) is 9.59 Å². The minimum absolute atomic E-state index is 0.115. The molecule has 0 unspecified atom stereocenters. The average Bonchev–Trinajstić information content (AvgIpc) is 2.67. The first-order chi connectivity index (χ1) is 13.3. The molecule has 2 aromatic carbocycles. The molecule has 0 saturated carbocycles. The number of ether oxygens (including phenoxy) is 1. The normalized spacial score (nSPS) is 12.1. The maximum Gasteiger partial charge on any atom is 0.331 e. The highest BCUT2D eigenvalue weighted by molar-refractivity contribution is 6.13. The SMILES string of the molecule is CCC(=O)CC[C@@H](N=C(c1ccccc1)c1ccccc1)C(=O)OC(C)(C)C. The van der Waals surface area contributed by atoms with Crippen molar-refractivity contribution in [2.24, 2.45) is 4.99 Å². The summed E-state index contributed by atoms with van der Waals surface area (Å²) in [6.45, 7) is 7.32. The van der Waals surface area contributed by atoms with Gasteiger partial charge in [0.25, 0.3) is 0 Å². The number of esters is 1. The van der Waals surface area contributed by atoms with Crippen molar-refractivity contribution in [2.75, 3.05) is 0 Å². The van der Waals surface area contributed by atoms with E-state index in [1.54, 1.807) is 0 Å². The first-order valence-electron chi connectivity index (χ1n) is 9.73. The number of hydrogen-bond acceptors (Lipinski definition) is 4. The Hall–Kier alpha value is -2.75. The van der Waals surface area contributed by atoms with Gasteiger partial charge in [0.15, 0.2) is 0 Å². The van der Waals surface area contributed by atoms with Crippen LogP contribution in [0.4, 0.5) is 0 Å². The Morgan fingerprint density at radius 3 is 1.86 bits per heavy atom. The molecule has 28 heavy (non-hydrogen) atoms. The summed E-state index contributed by atoms with van der Waals surface area (Å²) in [6, 6.07) is 18.8. The fourth-order valence-corrected chi connectivity index (χ4v) is 2.74. The molecule has 4 nitrogen and oxygen atoms in total. The van der Waals surface area contributed by atoms with Crippen molar-refractivity contribution < 1.29 is 14.3 Å². The van der Waals surface area contributed by atoms with Crippen LogP contribution in [0.5, 0.6) is 0 Å². The van der Waals surface area contributed by atoms with E-state index in [1.165, 1.54) is 0 Å². The van der Waals surface area contributed by atoms with Crippen LogP contribution in [0.25, 0.3) is 0 Å². The molecular formula is C24H29NO3. The van der Waals surface area contributed by atoms with Crippen molar-refractivity contribution in [3.63, 3.8) is 0 Å². The highest BCUT2D eigenvalue weighted by atomic mass is 16.6. The molecule has 0 aliphatic carbocycles. The lowest BCUT2D eigenvalue weighted by atomic mass is 10.0. The Labute approximate surface area is 167 Å². The predicted octanol–water partition coefficient (Wildman–Crippen LogP) is 4.99. The van der Waals surface area contributed by atoms with Crippen LogP contribution in [0.2, 0.25) is 0 Å². The molecular weight excluding hydrogens is 350 g/mol. The molecule has 0 bridgehead atoms. The summed E-state index contributed by atoms with van der Waals surface area (Å²) in [5, 5.41) is 0. The minimum atomic E-state index is -0.731. The summed E-state index contributed by atoms with van der Waals surface area (Å²) >= 11 is 0. The molecule has 0 radical (unpaired) electrons.